The van der Waals surface area contributed by atoms with E-state index in [1.165, 1.54) is 39.7 Å². The van der Waals surface area contributed by atoms with Crippen molar-refractivity contribution in [1.82, 2.24) is 9.47 Å². The predicted molar refractivity (Wildman–Crippen MR) is 126 cm³/mol. The fourth-order valence-electron chi connectivity index (χ4n) is 5.69. The Morgan fingerprint density at radius 1 is 0.844 bits per heavy atom. The summed E-state index contributed by atoms with van der Waals surface area (Å²) in [6.45, 7) is 3.47. The smallest absolute Gasteiger partial charge is 0.250 e. The lowest BCUT2D eigenvalue weighted by atomic mass is 9.80. The molecule has 0 N–H and O–H groups in total. The van der Waals surface area contributed by atoms with E-state index in [1.54, 1.807) is 6.07 Å². The highest BCUT2D eigenvalue weighted by Crippen LogP contribution is 2.40. The Labute approximate surface area is 186 Å². The minimum atomic E-state index is -0.197. The molecule has 0 radical (unpaired) electrons. The quantitative estimate of drug-likeness (QED) is 0.438. The van der Waals surface area contributed by atoms with Crippen LogP contribution in [0.4, 0.5) is 4.39 Å². The molecule has 0 spiro atoms. The summed E-state index contributed by atoms with van der Waals surface area (Å²) in [6, 6.07) is 25.5. The highest BCUT2D eigenvalue weighted by atomic mass is 19.1. The van der Waals surface area contributed by atoms with Gasteiger partial charge in [0.05, 0.1) is 0 Å². The van der Waals surface area contributed by atoms with E-state index in [1.807, 2.05) is 22.8 Å². The maximum absolute atomic E-state index is 13.3. The van der Waals surface area contributed by atoms with Gasteiger partial charge in [-0.05, 0) is 58.5 Å². The second kappa shape index (κ2) is 7.72. The van der Waals surface area contributed by atoms with Crippen molar-refractivity contribution in [1.29, 1.82) is 0 Å². The van der Waals surface area contributed by atoms with Crippen LogP contribution in [0.1, 0.15) is 23.6 Å². The van der Waals surface area contributed by atoms with Crippen LogP contribution in [0.3, 0.4) is 0 Å². The van der Waals surface area contributed by atoms with Gasteiger partial charge in [0.15, 0.2) is 0 Å². The zero-order valence-electron chi connectivity index (χ0n) is 17.9. The van der Waals surface area contributed by atoms with Crippen LogP contribution in [0.2, 0.25) is 0 Å². The van der Waals surface area contributed by atoms with Gasteiger partial charge in [-0.25, -0.2) is 4.39 Å². The van der Waals surface area contributed by atoms with Crippen molar-refractivity contribution in [3.05, 3.63) is 106 Å². The average molecular weight is 425 g/mol. The molecule has 2 aliphatic heterocycles. The molecule has 6 rings (SSSR count). The third kappa shape index (κ3) is 3.45. The first-order valence-electron chi connectivity index (χ1n) is 11.3. The standard InChI is InChI=1S/C28H25FN2O/c29-25-9-5-19(6-10-25)15-30-16-20-13-24(18-30)28-26(11-12-27(32)31(28)17-20)23-8-7-21-3-1-2-4-22(21)14-23/h1-12,14,20,24H,13,15-18H2. The number of hydrogen-bond acceptors (Lipinski definition) is 2. The first kappa shape index (κ1) is 19.4. The van der Waals surface area contributed by atoms with Crippen LogP contribution in [-0.2, 0) is 13.1 Å². The number of fused-ring (bicyclic) bond motifs is 5. The molecule has 3 nitrogen and oxygen atoms in total. The largest absolute Gasteiger partial charge is 0.311 e. The van der Waals surface area contributed by atoms with Crippen LogP contribution in [0, 0.1) is 11.7 Å². The molecule has 160 valence electrons. The highest BCUT2D eigenvalue weighted by Gasteiger charge is 2.36. The lowest BCUT2D eigenvalue weighted by Crippen LogP contribution is -2.47. The molecule has 0 saturated carbocycles. The van der Waals surface area contributed by atoms with Gasteiger partial charge < -0.3 is 4.57 Å². The SMILES string of the molecule is O=c1ccc(-c2ccc3ccccc3c2)c2n1CC1CC2CN(Cc2ccc(F)cc2)C1. The first-order chi connectivity index (χ1) is 15.6. The van der Waals surface area contributed by atoms with Crippen LogP contribution in [0.5, 0.6) is 0 Å². The summed E-state index contributed by atoms with van der Waals surface area (Å²) in [4.78, 5) is 15.3. The van der Waals surface area contributed by atoms with Crippen molar-refractivity contribution in [2.45, 2.75) is 25.4 Å². The van der Waals surface area contributed by atoms with Crippen LogP contribution in [0.25, 0.3) is 21.9 Å². The normalized spacial score (nSPS) is 20.3. The number of benzene rings is 3. The zero-order chi connectivity index (χ0) is 21.7. The molecule has 2 atom stereocenters. The zero-order valence-corrected chi connectivity index (χ0v) is 17.9. The number of likely N-dealkylation sites (tertiary alicyclic amines) is 1. The van der Waals surface area contributed by atoms with E-state index in [0.29, 0.717) is 11.8 Å². The number of aromatic nitrogens is 1. The highest BCUT2D eigenvalue weighted by molar-refractivity contribution is 5.87. The monoisotopic (exact) mass is 424 g/mol. The summed E-state index contributed by atoms with van der Waals surface area (Å²) < 4.78 is 15.3. The molecule has 1 fully saturated rings. The van der Waals surface area contributed by atoms with Gasteiger partial charge in [-0.15, -0.1) is 0 Å². The molecule has 1 aromatic heterocycles. The van der Waals surface area contributed by atoms with Gasteiger partial charge in [0, 0.05) is 49.4 Å². The summed E-state index contributed by atoms with van der Waals surface area (Å²) in [6.07, 6.45) is 1.12. The van der Waals surface area contributed by atoms with Crippen LogP contribution in [-0.4, -0.2) is 22.6 Å². The van der Waals surface area contributed by atoms with E-state index < -0.39 is 0 Å². The molecule has 0 aliphatic carbocycles. The van der Waals surface area contributed by atoms with Crippen molar-refractivity contribution in [3.63, 3.8) is 0 Å². The summed E-state index contributed by atoms with van der Waals surface area (Å²) >= 11 is 0. The van der Waals surface area contributed by atoms with E-state index in [4.69, 9.17) is 0 Å². The summed E-state index contributed by atoms with van der Waals surface area (Å²) in [7, 11) is 0. The maximum Gasteiger partial charge on any atom is 0.250 e. The molecule has 2 unspecified atom stereocenters. The Bertz CT molecular complexity index is 1360. The average Bonchev–Trinajstić information content (AvgIpc) is 2.81. The van der Waals surface area contributed by atoms with Crippen molar-refractivity contribution < 1.29 is 4.39 Å². The number of hydrogen-bond donors (Lipinski definition) is 0. The fourth-order valence-corrected chi connectivity index (χ4v) is 5.69. The second-order valence-corrected chi connectivity index (χ2v) is 9.26. The van der Waals surface area contributed by atoms with E-state index in [2.05, 4.69) is 47.4 Å². The topological polar surface area (TPSA) is 25.2 Å². The number of piperidine rings is 1. The molecule has 3 aromatic carbocycles. The molecular formula is C28H25FN2O. The minimum absolute atomic E-state index is 0.103. The number of halogens is 1. The number of rotatable bonds is 3. The summed E-state index contributed by atoms with van der Waals surface area (Å²) in [5.41, 5.74) is 4.75. The van der Waals surface area contributed by atoms with Gasteiger partial charge in [0.25, 0.3) is 5.56 Å². The Kier molecular flexibility index (Phi) is 4.69. The van der Waals surface area contributed by atoms with E-state index in [-0.39, 0.29) is 11.4 Å². The van der Waals surface area contributed by atoms with Gasteiger partial charge in [-0.2, -0.15) is 0 Å². The minimum Gasteiger partial charge on any atom is -0.311 e. The fraction of sp³-hybridized carbons (Fsp3) is 0.250. The van der Waals surface area contributed by atoms with E-state index in [9.17, 15) is 9.18 Å². The van der Waals surface area contributed by atoms with Crippen LogP contribution in [0.15, 0.2) is 83.7 Å². The molecule has 32 heavy (non-hydrogen) atoms. The molecule has 2 aliphatic rings. The summed E-state index contributed by atoms with van der Waals surface area (Å²) in [5, 5.41) is 2.44. The van der Waals surface area contributed by atoms with Crippen molar-refractivity contribution in [2.75, 3.05) is 13.1 Å². The van der Waals surface area contributed by atoms with Crippen molar-refractivity contribution in [3.8, 4) is 11.1 Å². The van der Waals surface area contributed by atoms with Crippen LogP contribution < -0.4 is 5.56 Å². The van der Waals surface area contributed by atoms with Gasteiger partial charge >= 0.3 is 0 Å². The second-order valence-electron chi connectivity index (χ2n) is 9.26. The predicted octanol–water partition coefficient (Wildman–Crippen LogP) is 5.43. The van der Waals surface area contributed by atoms with Crippen molar-refractivity contribution >= 4 is 10.8 Å². The van der Waals surface area contributed by atoms with E-state index in [0.717, 1.165) is 38.2 Å². The van der Waals surface area contributed by atoms with Crippen LogP contribution >= 0.6 is 0 Å². The first-order valence-corrected chi connectivity index (χ1v) is 11.3. The third-order valence-corrected chi connectivity index (χ3v) is 7.05. The number of pyridine rings is 1. The molecule has 1 saturated heterocycles. The molecule has 0 amide bonds. The Balaban J connectivity index is 1.38. The molecule has 4 heteroatoms. The lowest BCUT2D eigenvalue weighted by Gasteiger charge is -2.43. The summed E-state index contributed by atoms with van der Waals surface area (Å²) in [5.74, 6) is 0.585. The Morgan fingerprint density at radius 2 is 1.66 bits per heavy atom. The maximum atomic E-state index is 13.3. The molecular weight excluding hydrogens is 399 g/mol. The van der Waals surface area contributed by atoms with Gasteiger partial charge in [-0.1, -0.05) is 48.5 Å². The Morgan fingerprint density at radius 3 is 2.50 bits per heavy atom. The van der Waals surface area contributed by atoms with E-state index >= 15 is 0 Å². The lowest BCUT2D eigenvalue weighted by molar-refractivity contribution is 0.114. The van der Waals surface area contributed by atoms with Crippen molar-refractivity contribution in [2.24, 2.45) is 5.92 Å². The number of nitrogens with zero attached hydrogens (tertiary/aromatic N) is 2. The third-order valence-electron chi connectivity index (χ3n) is 7.05. The van der Waals surface area contributed by atoms with Gasteiger partial charge in [0.2, 0.25) is 0 Å². The van der Waals surface area contributed by atoms with Gasteiger partial charge in [0.1, 0.15) is 5.82 Å². The molecule has 2 bridgehead atoms. The molecule has 3 heterocycles. The molecule has 4 aromatic rings. The van der Waals surface area contributed by atoms with Gasteiger partial charge in [-0.3, -0.25) is 9.69 Å². The Hall–Kier alpha value is -3.24.